The van der Waals surface area contributed by atoms with Gasteiger partial charge < -0.3 is 0 Å². The molecule has 5 heteroatoms. The van der Waals surface area contributed by atoms with Crippen molar-refractivity contribution >= 4 is 10.1 Å². The molecule has 0 amide bonds. The van der Waals surface area contributed by atoms with Crippen LogP contribution in [-0.4, -0.2) is 18.7 Å². The summed E-state index contributed by atoms with van der Waals surface area (Å²) in [6, 6.07) is 0. The predicted molar refractivity (Wildman–Crippen MR) is 47.7 cm³/mol. The molecule has 1 N–H and O–H groups in total. The second-order valence-electron chi connectivity index (χ2n) is 2.70. The van der Waals surface area contributed by atoms with Crippen LogP contribution in [0.3, 0.4) is 0 Å². The van der Waals surface area contributed by atoms with Crippen molar-refractivity contribution in [2.75, 3.05) is 5.75 Å². The minimum Gasteiger partial charge on any atom is -0.286 e. The van der Waals surface area contributed by atoms with Crippen LogP contribution >= 0.6 is 0 Å². The Morgan fingerprint density at radius 2 is 1.58 bits per heavy atom. The van der Waals surface area contributed by atoms with Crippen LogP contribution in [0.1, 0.15) is 39.0 Å². The fourth-order valence-corrected chi connectivity index (χ4v) is 1.46. The quantitative estimate of drug-likeness (QED) is 0.527. The van der Waals surface area contributed by atoms with Crippen molar-refractivity contribution in [3.63, 3.8) is 0 Å². The molecule has 0 heterocycles. The van der Waals surface area contributed by atoms with E-state index < -0.39 is 10.1 Å². The summed E-state index contributed by atoms with van der Waals surface area (Å²) in [6.07, 6.45) is 4.83. The van der Waals surface area contributed by atoms with Crippen molar-refractivity contribution in [1.82, 2.24) is 0 Å². The van der Waals surface area contributed by atoms with Crippen molar-refractivity contribution in [2.24, 2.45) is 0 Å². The number of rotatable bonds is 6. The van der Waals surface area contributed by atoms with Gasteiger partial charge in [0.15, 0.2) is 0 Å². The SMILES string of the molecule is CCCCCCCS(=O)(=O)O.F. The summed E-state index contributed by atoms with van der Waals surface area (Å²) in [5.41, 5.74) is 0. The molecule has 0 aliphatic carbocycles. The molecule has 0 atom stereocenters. The van der Waals surface area contributed by atoms with E-state index >= 15 is 0 Å². The summed E-state index contributed by atoms with van der Waals surface area (Å²) >= 11 is 0. The third-order valence-electron chi connectivity index (χ3n) is 1.51. The monoisotopic (exact) mass is 200 g/mol. The third kappa shape index (κ3) is 12.5. The van der Waals surface area contributed by atoms with Crippen LogP contribution in [0.5, 0.6) is 0 Å². The van der Waals surface area contributed by atoms with Crippen LogP contribution in [0, 0.1) is 0 Å². The zero-order valence-electron chi connectivity index (χ0n) is 7.32. The molecule has 0 spiro atoms. The molecule has 12 heavy (non-hydrogen) atoms. The molecule has 0 fully saturated rings. The highest BCUT2D eigenvalue weighted by Gasteiger charge is 2.02. The van der Waals surface area contributed by atoms with Gasteiger partial charge in [-0.3, -0.25) is 9.26 Å². The van der Waals surface area contributed by atoms with Gasteiger partial charge in [-0.2, -0.15) is 8.42 Å². The Bertz CT molecular complexity index is 177. The molecule has 3 nitrogen and oxygen atoms in total. The van der Waals surface area contributed by atoms with Crippen molar-refractivity contribution in [3.8, 4) is 0 Å². The highest BCUT2D eigenvalue weighted by molar-refractivity contribution is 7.85. The minimum absolute atomic E-state index is 0. The first-order valence-electron chi connectivity index (χ1n) is 4.01. The van der Waals surface area contributed by atoms with Gasteiger partial charge in [0.05, 0.1) is 5.75 Å². The molecule has 0 aliphatic heterocycles. The molecule has 0 unspecified atom stereocenters. The van der Waals surface area contributed by atoms with E-state index in [0.717, 1.165) is 25.7 Å². The van der Waals surface area contributed by atoms with E-state index in [1.54, 1.807) is 0 Å². The van der Waals surface area contributed by atoms with Crippen LogP contribution in [0.25, 0.3) is 0 Å². The first kappa shape index (κ1) is 14.4. The van der Waals surface area contributed by atoms with Crippen molar-refractivity contribution in [2.45, 2.75) is 39.0 Å². The van der Waals surface area contributed by atoms with Gasteiger partial charge in [-0.25, -0.2) is 0 Å². The smallest absolute Gasteiger partial charge is 0.264 e. The maximum absolute atomic E-state index is 10.2. The van der Waals surface area contributed by atoms with Crippen molar-refractivity contribution < 1.29 is 17.7 Å². The lowest BCUT2D eigenvalue weighted by molar-refractivity contribution is 0.479. The van der Waals surface area contributed by atoms with Gasteiger partial charge in [0, 0.05) is 0 Å². The molecule has 0 saturated heterocycles. The summed E-state index contributed by atoms with van der Waals surface area (Å²) in [5.74, 6) is -0.0866. The van der Waals surface area contributed by atoms with Gasteiger partial charge in [0.2, 0.25) is 0 Å². The number of hydrogen-bond donors (Lipinski definition) is 1. The summed E-state index contributed by atoms with van der Waals surface area (Å²) in [4.78, 5) is 0. The van der Waals surface area contributed by atoms with Gasteiger partial charge in [-0.05, 0) is 6.42 Å². The first-order chi connectivity index (χ1) is 5.06. The maximum atomic E-state index is 10.2. The van der Waals surface area contributed by atoms with E-state index in [9.17, 15) is 8.42 Å². The standard InChI is InChI=1S/C7H16O3S.FH/c1-2-3-4-5-6-7-11(8,9)10;/h2-7H2,1H3,(H,8,9,10);1H. The Labute approximate surface area is 73.3 Å². The highest BCUT2D eigenvalue weighted by Crippen LogP contribution is 2.03. The van der Waals surface area contributed by atoms with Crippen LogP contribution in [-0.2, 0) is 10.1 Å². The molecule has 0 radical (unpaired) electrons. The molecule has 0 aromatic heterocycles. The highest BCUT2D eigenvalue weighted by atomic mass is 32.2. The molecular formula is C7H17FO3S. The van der Waals surface area contributed by atoms with E-state index in [4.69, 9.17) is 4.55 Å². The van der Waals surface area contributed by atoms with E-state index in [0.29, 0.717) is 6.42 Å². The topological polar surface area (TPSA) is 54.4 Å². The second-order valence-corrected chi connectivity index (χ2v) is 4.27. The molecule has 0 saturated carbocycles. The normalized spacial score (nSPS) is 10.8. The summed E-state index contributed by atoms with van der Waals surface area (Å²) in [5, 5.41) is 0. The zero-order chi connectivity index (χ0) is 8.74. The molecule has 0 rings (SSSR count). The Morgan fingerprint density at radius 1 is 1.08 bits per heavy atom. The Kier molecular flexibility index (Phi) is 8.97. The lowest BCUT2D eigenvalue weighted by Gasteiger charge is -1.96. The Hall–Kier alpha value is -0.160. The molecule has 0 aromatic carbocycles. The van der Waals surface area contributed by atoms with Crippen LogP contribution < -0.4 is 0 Å². The average molecular weight is 200 g/mol. The van der Waals surface area contributed by atoms with E-state index in [-0.39, 0.29) is 10.5 Å². The fourth-order valence-electron chi connectivity index (χ4n) is 0.888. The summed E-state index contributed by atoms with van der Waals surface area (Å²) < 4.78 is 28.8. The minimum atomic E-state index is -3.71. The average Bonchev–Trinajstić information content (AvgIpc) is 1.85. The maximum Gasteiger partial charge on any atom is 0.264 e. The molecule has 0 bridgehead atoms. The van der Waals surface area contributed by atoms with Gasteiger partial charge >= 0.3 is 0 Å². The van der Waals surface area contributed by atoms with Gasteiger partial charge in [0.1, 0.15) is 0 Å². The lowest BCUT2D eigenvalue weighted by atomic mass is 10.2. The fraction of sp³-hybridized carbons (Fsp3) is 1.00. The van der Waals surface area contributed by atoms with Gasteiger partial charge in [-0.1, -0.05) is 32.6 Å². The molecule has 76 valence electrons. The zero-order valence-corrected chi connectivity index (χ0v) is 8.14. The van der Waals surface area contributed by atoms with Crippen molar-refractivity contribution in [1.29, 1.82) is 0 Å². The van der Waals surface area contributed by atoms with Crippen LogP contribution in [0.2, 0.25) is 0 Å². The van der Waals surface area contributed by atoms with Crippen LogP contribution in [0.15, 0.2) is 0 Å². The van der Waals surface area contributed by atoms with Crippen molar-refractivity contribution in [3.05, 3.63) is 0 Å². The third-order valence-corrected chi connectivity index (χ3v) is 2.31. The number of halogens is 1. The second kappa shape index (κ2) is 7.49. The summed E-state index contributed by atoms with van der Waals surface area (Å²) in [7, 11) is -3.71. The Balaban J connectivity index is 0. The largest absolute Gasteiger partial charge is 0.286 e. The first-order valence-corrected chi connectivity index (χ1v) is 5.62. The number of hydrogen-bond acceptors (Lipinski definition) is 2. The Morgan fingerprint density at radius 3 is 2.00 bits per heavy atom. The van der Waals surface area contributed by atoms with E-state index in [1.807, 2.05) is 0 Å². The molecule has 0 aliphatic rings. The number of unbranched alkanes of at least 4 members (excludes halogenated alkanes) is 4. The molecule has 0 aromatic rings. The van der Waals surface area contributed by atoms with Gasteiger partial charge in [0.25, 0.3) is 10.1 Å². The lowest BCUT2D eigenvalue weighted by Crippen LogP contribution is -2.03. The van der Waals surface area contributed by atoms with E-state index in [2.05, 4.69) is 6.92 Å². The summed E-state index contributed by atoms with van der Waals surface area (Å²) in [6.45, 7) is 2.10. The molecular weight excluding hydrogens is 183 g/mol. The van der Waals surface area contributed by atoms with E-state index in [1.165, 1.54) is 0 Å². The van der Waals surface area contributed by atoms with Gasteiger partial charge in [-0.15, -0.1) is 0 Å². The van der Waals surface area contributed by atoms with Crippen LogP contribution in [0.4, 0.5) is 4.70 Å². The predicted octanol–water partition coefficient (Wildman–Crippen LogP) is 2.00.